The average Bonchev–Trinajstić information content (AvgIpc) is 2.81. The zero-order valence-corrected chi connectivity index (χ0v) is 11.3. The van der Waals surface area contributed by atoms with E-state index >= 15 is 0 Å². The number of benzene rings is 1. The molecule has 104 valence electrons. The number of para-hydroxylation sites is 1. The highest BCUT2D eigenvalue weighted by molar-refractivity contribution is 5.87. The summed E-state index contributed by atoms with van der Waals surface area (Å²) in [6, 6.07) is 7.68. The van der Waals surface area contributed by atoms with Gasteiger partial charge in [0.15, 0.2) is 0 Å². The number of ether oxygens (including phenoxy) is 1. The molecule has 1 aliphatic rings. The molecule has 1 amide bonds. The first kappa shape index (κ1) is 13.8. The zero-order chi connectivity index (χ0) is 13.8. The van der Waals surface area contributed by atoms with Crippen molar-refractivity contribution in [3.63, 3.8) is 0 Å². The second-order valence-electron chi connectivity index (χ2n) is 4.89. The monoisotopic (exact) mass is 264 g/mol. The number of carbonyl (C=O) groups excluding carboxylic acids is 1. The molecule has 1 aromatic rings. The smallest absolute Gasteiger partial charge is 0.245 e. The van der Waals surface area contributed by atoms with Crippen LogP contribution < -0.4 is 5.32 Å². The number of aliphatic hydroxyl groups is 1. The van der Waals surface area contributed by atoms with Crippen LogP contribution >= 0.6 is 0 Å². The number of amides is 1. The third-order valence-corrected chi connectivity index (χ3v) is 3.29. The van der Waals surface area contributed by atoms with Crippen molar-refractivity contribution >= 4 is 11.6 Å². The highest BCUT2D eigenvalue weighted by Crippen LogP contribution is 2.25. The minimum atomic E-state index is -0.650. The molecule has 0 saturated heterocycles. The molecule has 2 rings (SSSR count). The SMILES string of the molecule is COC[C@@H](O)CN(C)C(=O)[C@H]1Cc2ccccc2N1. The summed E-state index contributed by atoms with van der Waals surface area (Å²) in [5.74, 6) is -0.00801. The van der Waals surface area contributed by atoms with E-state index in [1.807, 2.05) is 24.3 Å². The number of rotatable bonds is 5. The Balaban J connectivity index is 1.91. The highest BCUT2D eigenvalue weighted by atomic mass is 16.5. The van der Waals surface area contributed by atoms with Crippen molar-refractivity contribution in [3.05, 3.63) is 29.8 Å². The lowest BCUT2D eigenvalue weighted by atomic mass is 10.1. The predicted molar refractivity (Wildman–Crippen MR) is 73.1 cm³/mol. The molecule has 2 atom stereocenters. The van der Waals surface area contributed by atoms with Crippen LogP contribution in [0.1, 0.15) is 5.56 Å². The van der Waals surface area contributed by atoms with E-state index in [1.54, 1.807) is 11.9 Å². The standard InChI is InChI=1S/C14H20N2O3/c1-16(8-11(17)9-19-2)14(18)13-7-10-5-3-4-6-12(10)15-13/h3-6,11,13,15,17H,7-9H2,1-2H3/t11-,13+/m0/s1. The van der Waals surface area contributed by atoms with E-state index in [0.29, 0.717) is 6.42 Å². The van der Waals surface area contributed by atoms with Gasteiger partial charge in [0.25, 0.3) is 0 Å². The van der Waals surface area contributed by atoms with E-state index in [9.17, 15) is 9.90 Å². The summed E-state index contributed by atoms with van der Waals surface area (Å²) in [5, 5.41) is 12.9. The molecular formula is C14H20N2O3. The van der Waals surface area contributed by atoms with Crippen molar-refractivity contribution in [1.29, 1.82) is 0 Å². The van der Waals surface area contributed by atoms with Gasteiger partial charge >= 0.3 is 0 Å². The van der Waals surface area contributed by atoms with E-state index in [0.717, 1.165) is 11.3 Å². The van der Waals surface area contributed by atoms with E-state index in [-0.39, 0.29) is 25.1 Å². The van der Waals surface area contributed by atoms with Crippen molar-refractivity contribution in [1.82, 2.24) is 4.90 Å². The number of hydrogen-bond donors (Lipinski definition) is 2. The summed E-state index contributed by atoms with van der Waals surface area (Å²) >= 11 is 0. The lowest BCUT2D eigenvalue weighted by Crippen LogP contribution is -2.43. The minimum absolute atomic E-state index is 0.00801. The first-order valence-corrected chi connectivity index (χ1v) is 6.38. The van der Waals surface area contributed by atoms with Gasteiger partial charge in [-0.05, 0) is 11.6 Å². The summed E-state index contributed by atoms with van der Waals surface area (Å²) < 4.78 is 4.86. The summed E-state index contributed by atoms with van der Waals surface area (Å²) in [7, 11) is 3.23. The fraction of sp³-hybridized carbons (Fsp3) is 0.500. The fourth-order valence-electron chi connectivity index (χ4n) is 2.36. The Bertz CT molecular complexity index is 425. The Hall–Kier alpha value is -1.59. The van der Waals surface area contributed by atoms with Gasteiger partial charge in [0.1, 0.15) is 6.04 Å². The number of nitrogens with zero attached hydrogens (tertiary/aromatic N) is 1. The maximum absolute atomic E-state index is 12.3. The van der Waals surface area contributed by atoms with Crippen molar-refractivity contribution < 1.29 is 14.6 Å². The van der Waals surface area contributed by atoms with Crippen LogP contribution in [0.3, 0.4) is 0 Å². The fourth-order valence-corrected chi connectivity index (χ4v) is 2.36. The molecule has 5 heteroatoms. The number of anilines is 1. The molecule has 0 bridgehead atoms. The number of fused-ring (bicyclic) bond motifs is 1. The number of methoxy groups -OCH3 is 1. The van der Waals surface area contributed by atoms with Crippen LogP contribution in [-0.2, 0) is 16.0 Å². The molecule has 0 aliphatic carbocycles. The maximum Gasteiger partial charge on any atom is 0.245 e. The van der Waals surface area contributed by atoms with Gasteiger partial charge in [-0.2, -0.15) is 0 Å². The van der Waals surface area contributed by atoms with Gasteiger partial charge < -0.3 is 20.1 Å². The topological polar surface area (TPSA) is 61.8 Å². The lowest BCUT2D eigenvalue weighted by molar-refractivity contribution is -0.132. The Kier molecular flexibility index (Phi) is 4.39. The second kappa shape index (κ2) is 6.04. The summed E-state index contributed by atoms with van der Waals surface area (Å²) in [4.78, 5) is 13.8. The molecule has 1 aliphatic heterocycles. The number of nitrogens with one attached hydrogen (secondary N) is 1. The zero-order valence-electron chi connectivity index (χ0n) is 11.3. The molecular weight excluding hydrogens is 244 g/mol. The molecule has 0 spiro atoms. The van der Waals surface area contributed by atoms with Gasteiger partial charge in [0.2, 0.25) is 5.91 Å². The Morgan fingerprint density at radius 1 is 1.58 bits per heavy atom. The average molecular weight is 264 g/mol. The summed E-state index contributed by atoms with van der Waals surface area (Å²) in [6.45, 7) is 0.511. The predicted octanol–water partition coefficient (Wildman–Crippen LogP) is 0.489. The van der Waals surface area contributed by atoms with Crippen molar-refractivity contribution in [2.75, 3.05) is 32.6 Å². The van der Waals surface area contributed by atoms with E-state index < -0.39 is 6.10 Å². The van der Waals surface area contributed by atoms with Gasteiger partial charge in [0, 0.05) is 32.8 Å². The molecule has 1 aromatic carbocycles. The van der Waals surface area contributed by atoms with E-state index in [1.165, 1.54) is 7.11 Å². The lowest BCUT2D eigenvalue weighted by Gasteiger charge is -2.23. The Morgan fingerprint density at radius 3 is 3.00 bits per heavy atom. The van der Waals surface area contributed by atoms with Gasteiger partial charge in [-0.3, -0.25) is 4.79 Å². The number of likely N-dealkylation sites (N-methyl/N-ethyl adjacent to an activating group) is 1. The molecule has 1 heterocycles. The first-order chi connectivity index (χ1) is 9.11. The van der Waals surface area contributed by atoms with Crippen LogP contribution in [0.4, 0.5) is 5.69 Å². The van der Waals surface area contributed by atoms with Gasteiger partial charge in [-0.15, -0.1) is 0 Å². The van der Waals surface area contributed by atoms with Crippen LogP contribution in [0.2, 0.25) is 0 Å². The van der Waals surface area contributed by atoms with Crippen molar-refractivity contribution in [3.8, 4) is 0 Å². The van der Waals surface area contributed by atoms with Gasteiger partial charge in [0.05, 0.1) is 12.7 Å². The maximum atomic E-state index is 12.3. The van der Waals surface area contributed by atoms with Crippen LogP contribution in [0.5, 0.6) is 0 Å². The Morgan fingerprint density at radius 2 is 2.32 bits per heavy atom. The van der Waals surface area contributed by atoms with Gasteiger partial charge in [-0.25, -0.2) is 0 Å². The highest BCUT2D eigenvalue weighted by Gasteiger charge is 2.29. The first-order valence-electron chi connectivity index (χ1n) is 6.38. The molecule has 0 aromatic heterocycles. The quantitative estimate of drug-likeness (QED) is 0.812. The summed E-state index contributed by atoms with van der Waals surface area (Å²) in [6.07, 6.45) is 0.0439. The van der Waals surface area contributed by atoms with Crippen LogP contribution in [-0.4, -0.2) is 55.4 Å². The third-order valence-electron chi connectivity index (χ3n) is 3.29. The molecule has 0 fully saturated rings. The third kappa shape index (κ3) is 3.24. The van der Waals surface area contributed by atoms with Crippen LogP contribution in [0.25, 0.3) is 0 Å². The van der Waals surface area contributed by atoms with E-state index in [4.69, 9.17) is 4.74 Å². The Labute approximate surface area is 113 Å². The normalized spacial score (nSPS) is 18.6. The molecule has 0 unspecified atom stereocenters. The van der Waals surface area contributed by atoms with Crippen molar-refractivity contribution in [2.24, 2.45) is 0 Å². The molecule has 19 heavy (non-hydrogen) atoms. The molecule has 2 N–H and O–H groups in total. The molecule has 0 radical (unpaired) electrons. The molecule has 0 saturated carbocycles. The van der Waals surface area contributed by atoms with E-state index in [2.05, 4.69) is 5.32 Å². The molecule has 5 nitrogen and oxygen atoms in total. The van der Waals surface area contributed by atoms with Crippen molar-refractivity contribution in [2.45, 2.75) is 18.6 Å². The summed E-state index contributed by atoms with van der Waals surface area (Å²) in [5.41, 5.74) is 2.18. The number of carbonyl (C=O) groups is 1. The number of aliphatic hydroxyl groups excluding tert-OH is 1. The largest absolute Gasteiger partial charge is 0.389 e. The van der Waals surface area contributed by atoms with Crippen LogP contribution in [0.15, 0.2) is 24.3 Å². The minimum Gasteiger partial charge on any atom is -0.389 e. The second-order valence-corrected chi connectivity index (χ2v) is 4.89. The van der Waals surface area contributed by atoms with Crippen LogP contribution in [0, 0.1) is 0 Å². The number of hydrogen-bond acceptors (Lipinski definition) is 4. The van der Waals surface area contributed by atoms with Gasteiger partial charge in [-0.1, -0.05) is 18.2 Å².